The van der Waals surface area contributed by atoms with Crippen LogP contribution < -0.4 is 5.32 Å². The molecular formula is C16H32N2O. The van der Waals surface area contributed by atoms with Crippen LogP contribution in [0.3, 0.4) is 0 Å². The molecule has 1 saturated carbocycles. The van der Waals surface area contributed by atoms with Crippen molar-refractivity contribution in [1.29, 1.82) is 0 Å². The van der Waals surface area contributed by atoms with Gasteiger partial charge in [0.15, 0.2) is 0 Å². The maximum Gasteiger partial charge on any atom is 0.0826 e. The van der Waals surface area contributed by atoms with Crippen LogP contribution in [0.5, 0.6) is 0 Å². The molecule has 0 aromatic heterocycles. The van der Waals surface area contributed by atoms with Crippen molar-refractivity contribution in [3.8, 4) is 0 Å². The molecule has 2 fully saturated rings. The van der Waals surface area contributed by atoms with Crippen molar-refractivity contribution >= 4 is 0 Å². The maximum absolute atomic E-state index is 5.81. The number of hydrogen-bond acceptors (Lipinski definition) is 3. The smallest absolute Gasteiger partial charge is 0.0826 e. The van der Waals surface area contributed by atoms with Gasteiger partial charge in [-0.2, -0.15) is 0 Å². The topological polar surface area (TPSA) is 24.5 Å². The van der Waals surface area contributed by atoms with E-state index in [1.54, 1.807) is 0 Å². The highest BCUT2D eigenvalue weighted by molar-refractivity contribution is 4.85. The summed E-state index contributed by atoms with van der Waals surface area (Å²) in [6.45, 7) is 11.2. The Balaban J connectivity index is 1.74. The molecular weight excluding hydrogens is 236 g/mol. The molecule has 19 heavy (non-hydrogen) atoms. The number of nitrogens with zero attached hydrogens (tertiary/aromatic N) is 1. The lowest BCUT2D eigenvalue weighted by Crippen LogP contribution is -2.47. The summed E-state index contributed by atoms with van der Waals surface area (Å²) in [4.78, 5) is 2.54. The molecule has 2 rings (SSSR count). The van der Waals surface area contributed by atoms with Crippen LogP contribution in [0.1, 0.15) is 46.5 Å². The highest BCUT2D eigenvalue weighted by Gasteiger charge is 2.31. The Kier molecular flexibility index (Phi) is 5.27. The van der Waals surface area contributed by atoms with Crippen LogP contribution in [-0.2, 0) is 4.74 Å². The number of likely N-dealkylation sites (N-methyl/N-ethyl adjacent to an activating group) is 1. The molecule has 0 aromatic rings. The summed E-state index contributed by atoms with van der Waals surface area (Å²) in [6, 6.07) is 0.768. The summed E-state index contributed by atoms with van der Waals surface area (Å²) in [5.74, 6) is 0.907. The molecule has 1 aliphatic carbocycles. The molecule has 112 valence electrons. The number of nitrogens with one attached hydrogen (secondary N) is 1. The van der Waals surface area contributed by atoms with Gasteiger partial charge >= 0.3 is 0 Å². The minimum atomic E-state index is 0.388. The lowest BCUT2D eigenvalue weighted by atomic mass is 9.71. The Morgan fingerprint density at radius 1 is 1.16 bits per heavy atom. The second kappa shape index (κ2) is 6.55. The minimum absolute atomic E-state index is 0.388. The Hall–Kier alpha value is -0.120. The monoisotopic (exact) mass is 268 g/mol. The van der Waals surface area contributed by atoms with E-state index in [9.17, 15) is 0 Å². The van der Waals surface area contributed by atoms with Gasteiger partial charge in [-0.1, -0.05) is 20.8 Å². The van der Waals surface area contributed by atoms with Crippen LogP contribution in [0.4, 0.5) is 0 Å². The molecule has 3 nitrogen and oxygen atoms in total. The molecule has 0 aromatic carbocycles. The van der Waals surface area contributed by atoms with Gasteiger partial charge in [-0.25, -0.2) is 0 Å². The fraction of sp³-hybridized carbons (Fsp3) is 1.00. The Morgan fingerprint density at radius 3 is 2.37 bits per heavy atom. The Morgan fingerprint density at radius 2 is 1.84 bits per heavy atom. The van der Waals surface area contributed by atoms with E-state index in [0.29, 0.717) is 11.5 Å². The van der Waals surface area contributed by atoms with Gasteiger partial charge in [0, 0.05) is 25.7 Å². The normalized spacial score (nSPS) is 33.6. The standard InChI is InChI=1S/C16H32N2O/c1-16(2,3)13-5-7-14(8-6-13)18(4)12-15-11-17-9-10-19-15/h13-15,17H,5-12H2,1-4H3. The van der Waals surface area contributed by atoms with Crippen molar-refractivity contribution in [2.45, 2.75) is 58.6 Å². The molecule has 1 N–H and O–H groups in total. The van der Waals surface area contributed by atoms with Crippen molar-refractivity contribution < 1.29 is 4.74 Å². The summed E-state index contributed by atoms with van der Waals surface area (Å²) < 4.78 is 5.81. The SMILES string of the molecule is CN(CC1CNCCO1)C1CCC(C(C)(C)C)CC1. The van der Waals surface area contributed by atoms with Gasteiger partial charge in [0.2, 0.25) is 0 Å². The first-order chi connectivity index (χ1) is 8.97. The fourth-order valence-electron chi connectivity index (χ4n) is 3.59. The first-order valence-corrected chi connectivity index (χ1v) is 7.99. The van der Waals surface area contributed by atoms with Gasteiger partial charge in [0.05, 0.1) is 12.7 Å². The highest BCUT2D eigenvalue weighted by Crippen LogP contribution is 2.38. The first-order valence-electron chi connectivity index (χ1n) is 7.99. The average molecular weight is 268 g/mol. The van der Waals surface area contributed by atoms with Gasteiger partial charge in [0.1, 0.15) is 0 Å². The van der Waals surface area contributed by atoms with Gasteiger partial charge < -0.3 is 15.0 Å². The van der Waals surface area contributed by atoms with Gasteiger partial charge in [-0.3, -0.25) is 0 Å². The van der Waals surface area contributed by atoms with Gasteiger partial charge in [-0.15, -0.1) is 0 Å². The van der Waals surface area contributed by atoms with Crippen LogP contribution in [0.2, 0.25) is 0 Å². The van der Waals surface area contributed by atoms with Crippen LogP contribution >= 0.6 is 0 Å². The van der Waals surface area contributed by atoms with Gasteiger partial charge in [0.25, 0.3) is 0 Å². The zero-order chi connectivity index (χ0) is 13.9. The van der Waals surface area contributed by atoms with E-state index < -0.39 is 0 Å². The predicted octanol–water partition coefficient (Wildman–Crippen LogP) is 2.51. The Bertz CT molecular complexity index is 260. The third-order valence-corrected chi connectivity index (χ3v) is 5.04. The third kappa shape index (κ3) is 4.44. The van der Waals surface area contributed by atoms with Crippen LogP contribution in [-0.4, -0.2) is 50.3 Å². The van der Waals surface area contributed by atoms with Crippen molar-refractivity contribution in [2.75, 3.05) is 33.3 Å². The van der Waals surface area contributed by atoms with Crippen LogP contribution in [0.15, 0.2) is 0 Å². The lowest BCUT2D eigenvalue weighted by molar-refractivity contribution is -0.00398. The molecule has 3 heteroatoms. The van der Waals surface area contributed by atoms with Crippen molar-refractivity contribution in [3.05, 3.63) is 0 Å². The van der Waals surface area contributed by atoms with E-state index >= 15 is 0 Å². The average Bonchev–Trinajstić information content (AvgIpc) is 2.39. The molecule has 1 unspecified atom stereocenters. The number of morpholine rings is 1. The van der Waals surface area contributed by atoms with E-state index in [1.807, 2.05) is 0 Å². The van der Waals surface area contributed by atoms with E-state index in [4.69, 9.17) is 4.74 Å². The van der Waals surface area contributed by atoms with Crippen molar-refractivity contribution in [1.82, 2.24) is 10.2 Å². The number of ether oxygens (including phenoxy) is 1. The molecule has 1 saturated heterocycles. The maximum atomic E-state index is 5.81. The zero-order valence-corrected chi connectivity index (χ0v) is 13.2. The second-order valence-corrected chi connectivity index (χ2v) is 7.51. The Labute approximate surface area is 119 Å². The molecule has 1 aliphatic heterocycles. The molecule has 0 spiro atoms. The molecule has 1 atom stereocenters. The van der Waals surface area contributed by atoms with E-state index in [1.165, 1.54) is 25.7 Å². The summed E-state index contributed by atoms with van der Waals surface area (Å²) in [6.07, 6.45) is 5.89. The van der Waals surface area contributed by atoms with Crippen molar-refractivity contribution in [3.63, 3.8) is 0 Å². The van der Waals surface area contributed by atoms with E-state index in [2.05, 4.69) is 38.0 Å². The zero-order valence-electron chi connectivity index (χ0n) is 13.2. The predicted molar refractivity (Wildman–Crippen MR) is 80.4 cm³/mol. The second-order valence-electron chi connectivity index (χ2n) is 7.51. The van der Waals surface area contributed by atoms with E-state index in [0.717, 1.165) is 38.2 Å². The first kappa shape index (κ1) is 15.3. The molecule has 0 bridgehead atoms. The van der Waals surface area contributed by atoms with Crippen LogP contribution in [0.25, 0.3) is 0 Å². The minimum Gasteiger partial charge on any atom is -0.374 e. The summed E-state index contributed by atoms with van der Waals surface area (Å²) in [5, 5.41) is 3.42. The molecule has 1 heterocycles. The molecule has 0 radical (unpaired) electrons. The fourth-order valence-corrected chi connectivity index (χ4v) is 3.59. The lowest BCUT2D eigenvalue weighted by Gasteiger charge is -2.41. The third-order valence-electron chi connectivity index (χ3n) is 5.04. The summed E-state index contributed by atoms with van der Waals surface area (Å²) in [7, 11) is 2.28. The summed E-state index contributed by atoms with van der Waals surface area (Å²) >= 11 is 0. The van der Waals surface area contributed by atoms with Crippen LogP contribution in [0, 0.1) is 11.3 Å². The number of rotatable bonds is 3. The molecule has 0 amide bonds. The molecule has 2 aliphatic rings. The number of hydrogen-bond donors (Lipinski definition) is 1. The highest BCUT2D eigenvalue weighted by atomic mass is 16.5. The van der Waals surface area contributed by atoms with E-state index in [-0.39, 0.29) is 0 Å². The largest absolute Gasteiger partial charge is 0.374 e. The summed E-state index contributed by atoms with van der Waals surface area (Å²) in [5.41, 5.74) is 0.486. The quantitative estimate of drug-likeness (QED) is 0.851. The van der Waals surface area contributed by atoms with Crippen molar-refractivity contribution in [2.24, 2.45) is 11.3 Å². The van der Waals surface area contributed by atoms with Gasteiger partial charge in [-0.05, 0) is 44.1 Å².